The Bertz CT molecular complexity index is 184. The fourth-order valence-corrected chi connectivity index (χ4v) is 2.64. The highest BCUT2D eigenvalue weighted by molar-refractivity contribution is 6.35. The van der Waals surface area contributed by atoms with Crippen molar-refractivity contribution in [2.24, 2.45) is 0 Å². The Balaban J connectivity index is 2.59. The maximum atomic E-state index is 2.43. The van der Waals surface area contributed by atoms with Crippen LogP contribution in [0.4, 0.5) is 0 Å². The van der Waals surface area contributed by atoms with Gasteiger partial charge in [0.05, 0.1) is 20.0 Å². The number of nitrogens with zero attached hydrogens (tertiary/aromatic N) is 4. The van der Waals surface area contributed by atoms with Gasteiger partial charge in [0.25, 0.3) is 0 Å². The monoisotopic (exact) mass is 226 g/mol. The van der Waals surface area contributed by atoms with Crippen LogP contribution in [0.3, 0.4) is 0 Å². The van der Waals surface area contributed by atoms with Crippen molar-refractivity contribution in [1.29, 1.82) is 0 Å². The summed E-state index contributed by atoms with van der Waals surface area (Å²) in [6.07, 6.45) is 0. The fraction of sp³-hybridized carbons (Fsp3) is 1.00. The summed E-state index contributed by atoms with van der Waals surface area (Å²) in [5, 5.41) is 0. The molecule has 5 heteroatoms. The molecule has 0 radical (unpaired) electrons. The van der Waals surface area contributed by atoms with E-state index in [1.807, 2.05) is 0 Å². The second-order valence-corrected chi connectivity index (χ2v) is 5.49. The molecule has 1 aliphatic heterocycles. The second kappa shape index (κ2) is 6.59. The molecule has 0 atom stereocenters. The summed E-state index contributed by atoms with van der Waals surface area (Å²) in [5.41, 5.74) is 0. The first-order valence-corrected chi connectivity index (χ1v) is 6.25. The van der Waals surface area contributed by atoms with Crippen molar-refractivity contribution in [3.05, 3.63) is 0 Å². The smallest absolute Gasteiger partial charge is 0.124 e. The van der Waals surface area contributed by atoms with Gasteiger partial charge in [-0.2, -0.15) is 0 Å². The fourth-order valence-electron chi connectivity index (χ4n) is 2.64. The SMILES string of the molecule is CBC1CN(C)CN(C)CN(C)CN(C)C1. The van der Waals surface area contributed by atoms with Crippen molar-refractivity contribution in [3.63, 3.8) is 0 Å². The summed E-state index contributed by atoms with van der Waals surface area (Å²) in [6, 6.07) is 0. The molecule has 4 nitrogen and oxygen atoms in total. The van der Waals surface area contributed by atoms with Gasteiger partial charge >= 0.3 is 0 Å². The van der Waals surface area contributed by atoms with Crippen molar-refractivity contribution in [1.82, 2.24) is 19.6 Å². The van der Waals surface area contributed by atoms with Crippen LogP contribution in [0, 0.1) is 0 Å². The van der Waals surface area contributed by atoms with E-state index in [1.54, 1.807) is 0 Å². The summed E-state index contributed by atoms with van der Waals surface area (Å²) in [7, 11) is 10.1. The zero-order valence-electron chi connectivity index (χ0n) is 11.6. The Hall–Kier alpha value is -0.0951. The van der Waals surface area contributed by atoms with Crippen LogP contribution >= 0.6 is 0 Å². The Labute approximate surface area is 101 Å². The van der Waals surface area contributed by atoms with E-state index in [2.05, 4.69) is 54.6 Å². The Kier molecular flexibility index (Phi) is 5.76. The van der Waals surface area contributed by atoms with Gasteiger partial charge < -0.3 is 0 Å². The van der Waals surface area contributed by atoms with Crippen molar-refractivity contribution in [2.45, 2.75) is 12.6 Å². The van der Waals surface area contributed by atoms with Crippen LogP contribution in [0.25, 0.3) is 0 Å². The van der Waals surface area contributed by atoms with Crippen LogP contribution in [0.1, 0.15) is 0 Å². The Morgan fingerprint density at radius 2 is 1.12 bits per heavy atom. The van der Waals surface area contributed by atoms with Gasteiger partial charge in [-0.1, -0.05) is 6.82 Å². The van der Waals surface area contributed by atoms with Crippen LogP contribution in [-0.2, 0) is 0 Å². The lowest BCUT2D eigenvalue weighted by Gasteiger charge is -2.36. The first-order chi connectivity index (χ1) is 7.51. The van der Waals surface area contributed by atoms with E-state index < -0.39 is 0 Å². The molecule has 0 aliphatic carbocycles. The first-order valence-electron chi connectivity index (χ1n) is 6.25. The molecule has 0 aromatic rings. The number of hydrogen-bond acceptors (Lipinski definition) is 4. The van der Waals surface area contributed by atoms with Crippen LogP contribution < -0.4 is 0 Å². The predicted octanol–water partition coefficient (Wildman–Crippen LogP) is -0.127. The highest BCUT2D eigenvalue weighted by atomic mass is 15.4. The van der Waals surface area contributed by atoms with Crippen molar-refractivity contribution >= 4 is 7.28 Å². The molecule has 16 heavy (non-hydrogen) atoms. The number of hydrogen-bond donors (Lipinski definition) is 0. The largest absolute Gasteiger partial charge is 0.294 e. The summed E-state index contributed by atoms with van der Waals surface area (Å²) in [6.45, 7) is 7.86. The van der Waals surface area contributed by atoms with Gasteiger partial charge in [0.2, 0.25) is 0 Å². The first kappa shape index (κ1) is 14.0. The third-order valence-electron chi connectivity index (χ3n) is 3.17. The molecule has 0 spiro atoms. The van der Waals surface area contributed by atoms with Gasteiger partial charge in [-0.3, -0.25) is 19.6 Å². The Morgan fingerprint density at radius 3 is 1.50 bits per heavy atom. The molecule has 1 rings (SSSR count). The molecule has 0 aromatic heterocycles. The van der Waals surface area contributed by atoms with E-state index in [0.717, 1.165) is 25.8 Å². The minimum atomic E-state index is 0.787. The van der Waals surface area contributed by atoms with Crippen molar-refractivity contribution in [3.8, 4) is 0 Å². The van der Waals surface area contributed by atoms with Gasteiger partial charge in [0, 0.05) is 0 Å². The van der Waals surface area contributed by atoms with E-state index in [0.29, 0.717) is 0 Å². The van der Waals surface area contributed by atoms with E-state index in [-0.39, 0.29) is 0 Å². The summed E-state index contributed by atoms with van der Waals surface area (Å²) >= 11 is 0. The van der Waals surface area contributed by atoms with Crippen LogP contribution in [0.5, 0.6) is 0 Å². The predicted molar refractivity (Wildman–Crippen MR) is 72.2 cm³/mol. The maximum absolute atomic E-state index is 2.43. The highest BCUT2D eigenvalue weighted by Gasteiger charge is 2.17. The minimum absolute atomic E-state index is 0.787. The summed E-state index contributed by atoms with van der Waals surface area (Å²) in [5.74, 6) is 0.787. The van der Waals surface area contributed by atoms with E-state index in [9.17, 15) is 0 Å². The molecule has 0 saturated carbocycles. The molecule has 1 saturated heterocycles. The molecular weight excluding hydrogens is 199 g/mol. The van der Waals surface area contributed by atoms with Crippen LogP contribution in [-0.4, -0.2) is 88.2 Å². The molecule has 94 valence electrons. The van der Waals surface area contributed by atoms with Gasteiger partial charge in [-0.25, -0.2) is 0 Å². The minimum Gasteiger partial charge on any atom is -0.294 e. The molecule has 0 unspecified atom stereocenters. The Morgan fingerprint density at radius 1 is 0.750 bits per heavy atom. The zero-order chi connectivity index (χ0) is 12.1. The molecular formula is C11H27BN4. The van der Waals surface area contributed by atoms with E-state index in [1.165, 1.54) is 20.4 Å². The summed E-state index contributed by atoms with van der Waals surface area (Å²) in [4.78, 5) is 9.60. The molecule has 0 aromatic carbocycles. The number of rotatable bonds is 1. The van der Waals surface area contributed by atoms with Crippen LogP contribution in [0.15, 0.2) is 0 Å². The zero-order valence-corrected chi connectivity index (χ0v) is 11.6. The van der Waals surface area contributed by atoms with Crippen LogP contribution in [0.2, 0.25) is 12.6 Å². The normalized spacial score (nSPS) is 25.8. The molecule has 0 bridgehead atoms. The average Bonchev–Trinajstić information content (AvgIpc) is 2.14. The maximum Gasteiger partial charge on any atom is 0.124 e. The molecule has 0 N–H and O–H groups in total. The van der Waals surface area contributed by atoms with Gasteiger partial charge in [0.1, 0.15) is 7.28 Å². The third kappa shape index (κ3) is 4.83. The van der Waals surface area contributed by atoms with Crippen molar-refractivity contribution < 1.29 is 0 Å². The summed E-state index contributed by atoms with van der Waals surface area (Å²) < 4.78 is 0. The quantitative estimate of drug-likeness (QED) is 0.577. The topological polar surface area (TPSA) is 13.0 Å². The van der Waals surface area contributed by atoms with Gasteiger partial charge in [-0.15, -0.1) is 0 Å². The lowest BCUT2D eigenvalue weighted by atomic mass is 9.66. The molecule has 0 amide bonds. The molecule has 1 heterocycles. The van der Waals surface area contributed by atoms with E-state index in [4.69, 9.17) is 0 Å². The molecule has 1 aliphatic rings. The lowest BCUT2D eigenvalue weighted by molar-refractivity contribution is 0.0684. The van der Waals surface area contributed by atoms with Crippen molar-refractivity contribution in [2.75, 3.05) is 61.3 Å². The van der Waals surface area contributed by atoms with Gasteiger partial charge in [0.15, 0.2) is 0 Å². The standard InChI is InChI=1S/C11H27BN4/c1-12-11-6-13(2)8-15(4)10-16(5)9-14(3)7-11/h11-12H,6-10H2,1-5H3. The average molecular weight is 226 g/mol. The highest BCUT2D eigenvalue weighted by Crippen LogP contribution is 2.09. The van der Waals surface area contributed by atoms with E-state index >= 15 is 0 Å². The third-order valence-corrected chi connectivity index (χ3v) is 3.17. The second-order valence-electron chi connectivity index (χ2n) is 5.49. The molecule has 1 fully saturated rings. The van der Waals surface area contributed by atoms with Gasteiger partial charge in [-0.05, 0) is 47.1 Å². The lowest BCUT2D eigenvalue weighted by Crippen LogP contribution is -2.47.